The van der Waals surface area contributed by atoms with E-state index in [9.17, 15) is 9.59 Å². The van der Waals surface area contributed by atoms with Crippen molar-refractivity contribution in [2.75, 3.05) is 11.5 Å². The predicted molar refractivity (Wildman–Crippen MR) is 79.5 cm³/mol. The lowest BCUT2D eigenvalue weighted by Gasteiger charge is -2.15. The molecule has 7 nitrogen and oxygen atoms in total. The summed E-state index contributed by atoms with van der Waals surface area (Å²) < 4.78 is 6.45. The third-order valence-electron chi connectivity index (χ3n) is 3.74. The highest BCUT2D eigenvalue weighted by Crippen LogP contribution is 2.25. The fourth-order valence-electron chi connectivity index (χ4n) is 2.53. The van der Waals surface area contributed by atoms with Crippen molar-refractivity contribution in [3.05, 3.63) is 16.4 Å². The van der Waals surface area contributed by atoms with E-state index in [4.69, 9.17) is 15.4 Å². The van der Waals surface area contributed by atoms with Gasteiger partial charge in [-0.3, -0.25) is 13.9 Å². The van der Waals surface area contributed by atoms with Crippen molar-refractivity contribution in [2.24, 2.45) is 5.73 Å². The van der Waals surface area contributed by atoms with Crippen LogP contribution in [0.25, 0.3) is 0 Å². The smallest absolute Gasteiger partial charge is 0.441 e. The van der Waals surface area contributed by atoms with Gasteiger partial charge < -0.3 is 10.8 Å². The summed E-state index contributed by atoms with van der Waals surface area (Å²) in [6, 6.07) is -0.649. The molecule has 3 N–H and O–H groups in total. The monoisotopic (exact) mass is 315 g/mol. The third-order valence-corrected chi connectivity index (χ3v) is 4.79. The van der Waals surface area contributed by atoms with E-state index in [1.165, 1.54) is 0 Å². The molecule has 0 amide bonds. The highest BCUT2D eigenvalue weighted by atomic mass is 32.2. The van der Waals surface area contributed by atoms with Gasteiger partial charge in [0.25, 0.3) is 0 Å². The normalized spacial score (nSPS) is 19.8. The van der Waals surface area contributed by atoms with Crippen molar-refractivity contribution in [1.82, 2.24) is 9.72 Å². The molecular formula is C13H21N3O4S. The molecule has 1 aromatic heterocycles. The number of carboxylic acids is 1. The molecule has 0 saturated carbocycles. The fraction of sp³-hybridized carbons (Fsp3) is 0.769. The number of rotatable bonds is 7. The first kappa shape index (κ1) is 16.1. The van der Waals surface area contributed by atoms with Crippen LogP contribution in [0.4, 0.5) is 0 Å². The standard InChI is InChI=1S/C13H21N3O4S/c14-10(12(17)18)6-8-21-7-5-9-3-1-2-4-11-15-20-13(19)16(9)11/h9-10H,1-8,14H2,(H,17,18)/t9?,10-/m1/s1. The molecule has 8 heteroatoms. The molecule has 1 aliphatic rings. The molecule has 2 rings (SSSR count). The minimum absolute atomic E-state index is 0.141. The van der Waals surface area contributed by atoms with Crippen LogP contribution < -0.4 is 11.5 Å². The molecular weight excluding hydrogens is 294 g/mol. The second kappa shape index (κ2) is 7.65. The van der Waals surface area contributed by atoms with E-state index in [1.807, 2.05) is 0 Å². The van der Waals surface area contributed by atoms with Gasteiger partial charge in [0.2, 0.25) is 0 Å². The van der Waals surface area contributed by atoms with Crippen LogP contribution in [-0.2, 0) is 11.2 Å². The quantitative estimate of drug-likeness (QED) is 0.723. The molecule has 1 unspecified atom stereocenters. The Morgan fingerprint density at radius 2 is 2.33 bits per heavy atom. The Labute approximate surface area is 126 Å². The number of carbonyl (C=O) groups is 1. The van der Waals surface area contributed by atoms with Gasteiger partial charge in [-0.15, -0.1) is 0 Å². The molecule has 1 aromatic rings. The first-order valence-corrected chi connectivity index (χ1v) is 8.38. The number of hydrogen-bond acceptors (Lipinski definition) is 6. The van der Waals surface area contributed by atoms with Crippen LogP contribution in [0.3, 0.4) is 0 Å². The zero-order chi connectivity index (χ0) is 15.2. The SMILES string of the molecule is N[C@H](CCSCCC1CCCCc2noc(=O)n21)C(=O)O. The van der Waals surface area contributed by atoms with Crippen LogP contribution in [0.2, 0.25) is 0 Å². The molecule has 2 atom stereocenters. The summed E-state index contributed by atoms with van der Waals surface area (Å²) in [5.41, 5.74) is 5.45. The lowest BCUT2D eigenvalue weighted by atomic mass is 10.1. The second-order valence-electron chi connectivity index (χ2n) is 5.27. The highest BCUT2D eigenvalue weighted by Gasteiger charge is 2.22. The highest BCUT2D eigenvalue weighted by molar-refractivity contribution is 7.99. The van der Waals surface area contributed by atoms with Crippen molar-refractivity contribution >= 4 is 17.7 Å². The number of carboxylic acid groups (broad SMARTS) is 1. The summed E-state index contributed by atoms with van der Waals surface area (Å²) in [6.45, 7) is 0. The van der Waals surface area contributed by atoms with Crippen LogP contribution in [0.5, 0.6) is 0 Å². The summed E-state index contributed by atoms with van der Waals surface area (Å²) >= 11 is 1.67. The average Bonchev–Trinajstić information content (AvgIpc) is 2.70. The Kier molecular flexibility index (Phi) is 5.86. The molecule has 118 valence electrons. The van der Waals surface area contributed by atoms with Crippen LogP contribution in [0.1, 0.15) is 44.0 Å². The number of hydrogen-bond donors (Lipinski definition) is 2. The molecule has 0 aromatic carbocycles. The Morgan fingerprint density at radius 1 is 1.52 bits per heavy atom. The van der Waals surface area contributed by atoms with Gasteiger partial charge in [-0.2, -0.15) is 11.8 Å². The van der Waals surface area contributed by atoms with Crippen molar-refractivity contribution < 1.29 is 14.4 Å². The number of nitrogens with two attached hydrogens (primary N) is 1. The average molecular weight is 315 g/mol. The molecule has 0 radical (unpaired) electrons. The molecule has 0 fully saturated rings. The lowest BCUT2D eigenvalue weighted by Crippen LogP contribution is -2.30. The molecule has 0 bridgehead atoms. The molecule has 21 heavy (non-hydrogen) atoms. The fourth-order valence-corrected chi connectivity index (χ4v) is 3.60. The number of nitrogens with zero attached hydrogens (tertiary/aromatic N) is 2. The van der Waals surface area contributed by atoms with Crippen molar-refractivity contribution in [2.45, 2.75) is 50.6 Å². The summed E-state index contributed by atoms with van der Waals surface area (Å²) in [7, 11) is 0. The first-order valence-electron chi connectivity index (χ1n) is 7.23. The Hall–Kier alpha value is -1.28. The Bertz CT molecular complexity index is 528. The van der Waals surface area contributed by atoms with Gasteiger partial charge in [-0.05, 0) is 37.2 Å². The largest absolute Gasteiger partial charge is 0.480 e. The van der Waals surface area contributed by atoms with E-state index < -0.39 is 12.0 Å². The maximum Gasteiger partial charge on any atom is 0.441 e. The minimum Gasteiger partial charge on any atom is -0.480 e. The number of thioether (sulfide) groups is 1. The number of fused-ring (bicyclic) bond motifs is 1. The van der Waals surface area contributed by atoms with E-state index in [2.05, 4.69) is 5.16 Å². The molecule has 0 spiro atoms. The molecule has 0 saturated heterocycles. The maximum absolute atomic E-state index is 11.7. The number of aryl methyl sites for hydroxylation is 1. The summed E-state index contributed by atoms with van der Waals surface area (Å²) in [6.07, 6.45) is 5.20. The first-order chi connectivity index (χ1) is 10.1. The summed E-state index contributed by atoms with van der Waals surface area (Å²) in [4.78, 5) is 22.3. The van der Waals surface area contributed by atoms with Gasteiger partial charge in [-0.1, -0.05) is 11.6 Å². The predicted octanol–water partition coefficient (Wildman–Crippen LogP) is 1.03. The lowest BCUT2D eigenvalue weighted by molar-refractivity contribution is -0.138. The zero-order valence-corrected chi connectivity index (χ0v) is 12.7. The number of aromatic nitrogens is 2. The van der Waals surface area contributed by atoms with E-state index in [1.54, 1.807) is 16.3 Å². The van der Waals surface area contributed by atoms with Crippen molar-refractivity contribution in [1.29, 1.82) is 0 Å². The number of aliphatic carboxylic acids is 1. The van der Waals surface area contributed by atoms with Gasteiger partial charge in [0.15, 0.2) is 5.82 Å². The van der Waals surface area contributed by atoms with E-state index in [-0.39, 0.29) is 11.8 Å². The molecule has 1 aliphatic heterocycles. The molecule has 2 heterocycles. The third kappa shape index (κ3) is 4.34. The van der Waals surface area contributed by atoms with Gasteiger partial charge in [0.1, 0.15) is 6.04 Å². The van der Waals surface area contributed by atoms with Crippen LogP contribution in [-0.4, -0.2) is 38.3 Å². The molecule has 0 aliphatic carbocycles. The van der Waals surface area contributed by atoms with Gasteiger partial charge in [0.05, 0.1) is 0 Å². The second-order valence-corrected chi connectivity index (χ2v) is 6.49. The van der Waals surface area contributed by atoms with Crippen molar-refractivity contribution in [3.8, 4) is 0 Å². The van der Waals surface area contributed by atoms with Crippen molar-refractivity contribution in [3.63, 3.8) is 0 Å². The van der Waals surface area contributed by atoms with Crippen LogP contribution in [0.15, 0.2) is 9.32 Å². The van der Waals surface area contributed by atoms with E-state index in [0.29, 0.717) is 12.2 Å². The Balaban J connectivity index is 1.79. The zero-order valence-electron chi connectivity index (χ0n) is 11.9. The van der Waals surface area contributed by atoms with Gasteiger partial charge in [0, 0.05) is 12.5 Å². The van der Waals surface area contributed by atoms with Crippen LogP contribution >= 0.6 is 11.8 Å². The van der Waals surface area contributed by atoms with E-state index in [0.717, 1.165) is 43.7 Å². The van der Waals surface area contributed by atoms with Gasteiger partial charge >= 0.3 is 11.7 Å². The summed E-state index contributed by atoms with van der Waals surface area (Å²) in [5.74, 6) is 1.01. The van der Waals surface area contributed by atoms with Gasteiger partial charge in [-0.25, -0.2) is 4.79 Å². The topological polar surface area (TPSA) is 111 Å². The Morgan fingerprint density at radius 3 is 3.10 bits per heavy atom. The maximum atomic E-state index is 11.7. The van der Waals surface area contributed by atoms with Crippen LogP contribution in [0, 0.1) is 0 Å². The minimum atomic E-state index is -0.958. The summed E-state index contributed by atoms with van der Waals surface area (Å²) in [5, 5.41) is 12.5. The van der Waals surface area contributed by atoms with E-state index >= 15 is 0 Å².